The van der Waals surface area contributed by atoms with Gasteiger partial charge in [-0.25, -0.2) is 8.42 Å². The van der Waals surface area contributed by atoms with E-state index in [0.29, 0.717) is 5.56 Å². The first-order valence-corrected chi connectivity index (χ1v) is 7.05. The molecule has 0 saturated carbocycles. The second-order valence-electron chi connectivity index (χ2n) is 4.14. The van der Waals surface area contributed by atoms with Crippen molar-refractivity contribution in [2.24, 2.45) is 0 Å². The molecule has 1 fully saturated rings. The number of hydrogen-bond acceptors (Lipinski definition) is 3. The maximum absolute atomic E-state index is 12.4. The van der Waals surface area contributed by atoms with Crippen molar-refractivity contribution in [3.63, 3.8) is 0 Å². The number of benzene rings is 1. The van der Waals surface area contributed by atoms with Crippen LogP contribution in [0, 0.1) is 0 Å². The summed E-state index contributed by atoms with van der Waals surface area (Å²) in [7, 11) is -4.02. The van der Waals surface area contributed by atoms with Crippen molar-refractivity contribution in [3.8, 4) is 0 Å². The Kier molecular flexibility index (Phi) is 3.76. The van der Waals surface area contributed by atoms with Crippen molar-refractivity contribution in [3.05, 3.63) is 29.8 Å². The van der Waals surface area contributed by atoms with Gasteiger partial charge in [-0.1, -0.05) is 18.2 Å². The minimum Gasteiger partial charge on any atom is -0.317 e. The summed E-state index contributed by atoms with van der Waals surface area (Å²) in [4.78, 5) is 0.944. The molecule has 17 heavy (non-hydrogen) atoms. The molecule has 1 aliphatic heterocycles. The highest BCUT2D eigenvalue weighted by Gasteiger charge is 2.24. The standard InChI is InChI=1S/C11H15FN2O2S/c12-14-17(15,16)11-4-2-1-3-10(11)9-5-7-13-8-6-9/h1-4,9,13-14H,5-8H2. The zero-order chi connectivity index (χ0) is 12.3. The molecule has 0 amide bonds. The predicted octanol–water partition coefficient (Wildman–Crippen LogP) is 1.32. The van der Waals surface area contributed by atoms with Crippen LogP contribution in [0.4, 0.5) is 4.48 Å². The Morgan fingerprint density at radius 3 is 2.53 bits per heavy atom. The van der Waals surface area contributed by atoms with Crippen LogP contribution in [0.15, 0.2) is 29.2 Å². The fraction of sp³-hybridized carbons (Fsp3) is 0.455. The molecular formula is C11H15FN2O2S. The highest BCUT2D eigenvalue weighted by atomic mass is 32.2. The van der Waals surface area contributed by atoms with Gasteiger partial charge in [0.25, 0.3) is 10.0 Å². The van der Waals surface area contributed by atoms with E-state index in [-0.39, 0.29) is 10.8 Å². The molecule has 0 spiro atoms. The van der Waals surface area contributed by atoms with E-state index in [1.54, 1.807) is 18.2 Å². The highest BCUT2D eigenvalue weighted by molar-refractivity contribution is 7.89. The Balaban J connectivity index is 2.40. The van der Waals surface area contributed by atoms with Crippen molar-refractivity contribution < 1.29 is 12.9 Å². The molecule has 6 heteroatoms. The number of rotatable bonds is 3. The fourth-order valence-electron chi connectivity index (χ4n) is 2.24. The van der Waals surface area contributed by atoms with Crippen LogP contribution in [0.1, 0.15) is 24.3 Å². The highest BCUT2D eigenvalue weighted by Crippen LogP contribution is 2.30. The third-order valence-corrected chi connectivity index (χ3v) is 4.24. The summed E-state index contributed by atoms with van der Waals surface area (Å²) in [6.07, 6.45) is 1.75. The minimum absolute atomic E-state index is 0.0504. The molecule has 2 rings (SSSR count). The van der Waals surface area contributed by atoms with Crippen molar-refractivity contribution >= 4 is 10.0 Å². The van der Waals surface area contributed by atoms with Crippen LogP contribution in [0.5, 0.6) is 0 Å². The average Bonchev–Trinajstić information content (AvgIpc) is 2.40. The summed E-state index contributed by atoms with van der Waals surface area (Å²) in [5.74, 6) is 0.176. The van der Waals surface area contributed by atoms with Gasteiger partial charge in [-0.05, 0) is 48.4 Å². The lowest BCUT2D eigenvalue weighted by molar-refractivity contribution is 0.422. The predicted molar refractivity (Wildman–Crippen MR) is 62.7 cm³/mol. The zero-order valence-corrected chi connectivity index (χ0v) is 10.1. The summed E-state index contributed by atoms with van der Waals surface area (Å²) in [5, 5.41) is 3.22. The van der Waals surface area contributed by atoms with Crippen LogP contribution >= 0.6 is 0 Å². The molecule has 1 heterocycles. The Morgan fingerprint density at radius 1 is 1.24 bits per heavy atom. The molecule has 1 aliphatic rings. The smallest absolute Gasteiger partial charge is 0.266 e. The van der Waals surface area contributed by atoms with Gasteiger partial charge < -0.3 is 5.32 Å². The van der Waals surface area contributed by atoms with E-state index < -0.39 is 10.0 Å². The van der Waals surface area contributed by atoms with Gasteiger partial charge in [-0.15, -0.1) is 4.48 Å². The van der Waals surface area contributed by atoms with Crippen molar-refractivity contribution in [1.82, 2.24) is 10.3 Å². The van der Waals surface area contributed by atoms with Crippen LogP contribution in [0.2, 0.25) is 0 Å². The van der Waals surface area contributed by atoms with Gasteiger partial charge in [0.1, 0.15) is 0 Å². The third-order valence-electron chi connectivity index (χ3n) is 3.09. The van der Waals surface area contributed by atoms with Gasteiger partial charge in [0.05, 0.1) is 4.90 Å². The van der Waals surface area contributed by atoms with Gasteiger partial charge in [0, 0.05) is 0 Å². The second-order valence-corrected chi connectivity index (χ2v) is 5.74. The molecule has 0 aromatic heterocycles. The van der Waals surface area contributed by atoms with Crippen molar-refractivity contribution in [2.45, 2.75) is 23.7 Å². The van der Waals surface area contributed by atoms with E-state index >= 15 is 0 Å². The summed E-state index contributed by atoms with van der Waals surface area (Å²) in [6.45, 7) is 1.73. The second kappa shape index (κ2) is 5.12. The molecule has 0 radical (unpaired) electrons. The molecule has 1 aromatic carbocycles. The summed E-state index contributed by atoms with van der Waals surface area (Å²) >= 11 is 0. The molecule has 0 aliphatic carbocycles. The lowest BCUT2D eigenvalue weighted by atomic mass is 9.90. The topological polar surface area (TPSA) is 58.2 Å². The average molecular weight is 258 g/mol. The largest absolute Gasteiger partial charge is 0.317 e. The normalized spacial score (nSPS) is 18.2. The monoisotopic (exact) mass is 258 g/mol. The third kappa shape index (κ3) is 2.65. The Morgan fingerprint density at radius 2 is 1.88 bits per heavy atom. The van der Waals surface area contributed by atoms with Gasteiger partial charge >= 0.3 is 0 Å². The van der Waals surface area contributed by atoms with E-state index in [2.05, 4.69) is 5.32 Å². The van der Waals surface area contributed by atoms with Crippen LogP contribution < -0.4 is 10.3 Å². The van der Waals surface area contributed by atoms with Gasteiger partial charge in [-0.2, -0.15) is 0 Å². The van der Waals surface area contributed by atoms with Crippen LogP contribution in [-0.2, 0) is 10.0 Å². The lowest BCUT2D eigenvalue weighted by Gasteiger charge is -2.24. The molecule has 0 atom stereocenters. The van der Waals surface area contributed by atoms with E-state index in [9.17, 15) is 12.9 Å². The quantitative estimate of drug-likeness (QED) is 0.804. The molecule has 0 unspecified atom stereocenters. The van der Waals surface area contributed by atoms with Crippen LogP contribution in [0.25, 0.3) is 0 Å². The lowest BCUT2D eigenvalue weighted by Crippen LogP contribution is -2.28. The minimum atomic E-state index is -4.02. The SMILES string of the molecule is O=S(=O)(NF)c1ccccc1C1CCNCC1. The summed E-state index contributed by atoms with van der Waals surface area (Å²) in [5.41, 5.74) is 0.708. The van der Waals surface area contributed by atoms with Crippen LogP contribution in [-0.4, -0.2) is 21.5 Å². The van der Waals surface area contributed by atoms with Gasteiger partial charge in [0.15, 0.2) is 0 Å². The first kappa shape index (κ1) is 12.5. The van der Waals surface area contributed by atoms with Crippen LogP contribution in [0.3, 0.4) is 0 Å². The molecule has 2 N–H and O–H groups in total. The first-order valence-electron chi connectivity index (χ1n) is 5.57. The Hall–Kier alpha value is -0.980. The number of hydrogen-bond donors (Lipinski definition) is 2. The maximum atomic E-state index is 12.4. The van der Waals surface area contributed by atoms with E-state index in [1.807, 2.05) is 0 Å². The summed E-state index contributed by atoms with van der Waals surface area (Å²) < 4.78 is 35.5. The number of halogens is 1. The number of nitrogens with one attached hydrogen (secondary N) is 2. The molecular weight excluding hydrogens is 243 g/mol. The first-order chi connectivity index (χ1) is 8.15. The zero-order valence-electron chi connectivity index (χ0n) is 9.32. The van der Waals surface area contributed by atoms with Gasteiger partial charge in [-0.3, -0.25) is 0 Å². The Bertz CT molecular complexity index is 484. The van der Waals surface area contributed by atoms with Crippen molar-refractivity contribution in [1.29, 1.82) is 0 Å². The van der Waals surface area contributed by atoms with Crippen molar-refractivity contribution in [2.75, 3.05) is 13.1 Å². The molecule has 1 saturated heterocycles. The number of piperidine rings is 1. The fourth-order valence-corrected chi connectivity index (χ4v) is 3.12. The maximum Gasteiger partial charge on any atom is 0.266 e. The van der Waals surface area contributed by atoms with E-state index in [1.165, 1.54) is 6.07 Å². The molecule has 0 bridgehead atoms. The molecule has 94 valence electrons. The van der Waals surface area contributed by atoms with E-state index in [0.717, 1.165) is 30.9 Å². The number of sulfonamides is 1. The van der Waals surface area contributed by atoms with Gasteiger partial charge in [0.2, 0.25) is 0 Å². The molecule has 1 aromatic rings. The van der Waals surface area contributed by atoms with E-state index in [4.69, 9.17) is 0 Å². The molecule has 4 nitrogen and oxygen atoms in total. The Labute approximate surface area is 100 Å². The summed E-state index contributed by atoms with van der Waals surface area (Å²) in [6, 6.07) is 6.60.